The van der Waals surface area contributed by atoms with Crippen LogP contribution in [0.2, 0.25) is 0 Å². The van der Waals surface area contributed by atoms with Crippen molar-refractivity contribution in [2.24, 2.45) is 0 Å². The van der Waals surface area contributed by atoms with Crippen LogP contribution in [-0.2, 0) is 47.4 Å². The monoisotopic (exact) mass is 630 g/mol. The number of hydrogen-bond acceptors (Lipinski definition) is 11. The summed E-state index contributed by atoms with van der Waals surface area (Å²) in [5.74, 6) is -0.352. The van der Waals surface area contributed by atoms with Crippen molar-refractivity contribution in [1.29, 1.82) is 0 Å². The zero-order chi connectivity index (χ0) is 31.4. The summed E-state index contributed by atoms with van der Waals surface area (Å²) in [5, 5.41) is 0. The van der Waals surface area contributed by atoms with Crippen molar-refractivity contribution >= 4 is 5.97 Å². The van der Waals surface area contributed by atoms with Gasteiger partial charge in [0.25, 0.3) is 0 Å². The van der Waals surface area contributed by atoms with E-state index in [2.05, 4.69) is 6.92 Å². The Morgan fingerprint density at radius 2 is 0.727 bits per heavy atom. The van der Waals surface area contributed by atoms with Crippen LogP contribution in [0, 0.1) is 0 Å². The summed E-state index contributed by atoms with van der Waals surface area (Å²) in [6.45, 7) is 11.9. The van der Waals surface area contributed by atoms with Gasteiger partial charge in [-0.15, -0.1) is 0 Å². The molecule has 0 aromatic heterocycles. The molecule has 0 unspecified atom stereocenters. The standard InChI is InChI=1S/C33H58O11/c1-2-3-4-5-6-10-13-35-14-15-36-16-17-37-18-19-38-20-21-39-22-23-40-24-25-41-26-27-42-28-29-43-30-31-44-33(34)32-11-8-7-9-12-32/h7-9,11-12H,2-6,10,13-31H2,1H3. The molecule has 256 valence electrons. The van der Waals surface area contributed by atoms with Gasteiger partial charge in [-0.25, -0.2) is 4.79 Å². The molecule has 0 saturated carbocycles. The number of hydrogen-bond donors (Lipinski definition) is 0. The summed E-state index contributed by atoms with van der Waals surface area (Å²) in [5.41, 5.74) is 0.529. The average Bonchev–Trinajstić information content (AvgIpc) is 3.05. The molecular formula is C33H58O11. The Morgan fingerprint density at radius 3 is 1.11 bits per heavy atom. The van der Waals surface area contributed by atoms with Crippen molar-refractivity contribution in [3.05, 3.63) is 35.9 Å². The fraction of sp³-hybridized carbons (Fsp3) is 0.788. The largest absolute Gasteiger partial charge is 0.460 e. The number of carbonyl (C=O) groups excluding carboxylic acids is 1. The summed E-state index contributed by atoms with van der Waals surface area (Å²) in [4.78, 5) is 11.8. The lowest BCUT2D eigenvalue weighted by Gasteiger charge is -2.09. The first kappa shape index (κ1) is 40.4. The molecule has 0 saturated heterocycles. The highest BCUT2D eigenvalue weighted by Crippen LogP contribution is 2.05. The van der Waals surface area contributed by atoms with Crippen molar-refractivity contribution in [2.75, 3.05) is 126 Å². The van der Waals surface area contributed by atoms with E-state index in [1.165, 1.54) is 32.1 Å². The molecule has 0 radical (unpaired) electrons. The summed E-state index contributed by atoms with van der Waals surface area (Å²) in [7, 11) is 0. The molecule has 1 aromatic carbocycles. The predicted octanol–water partition coefficient (Wildman–Crippen LogP) is 4.35. The number of benzene rings is 1. The van der Waals surface area contributed by atoms with E-state index in [1.807, 2.05) is 6.07 Å². The zero-order valence-electron chi connectivity index (χ0n) is 27.1. The molecule has 0 amide bonds. The van der Waals surface area contributed by atoms with E-state index >= 15 is 0 Å². The van der Waals surface area contributed by atoms with E-state index in [-0.39, 0.29) is 12.6 Å². The third-order valence-corrected chi connectivity index (χ3v) is 6.09. The molecule has 11 heteroatoms. The van der Waals surface area contributed by atoms with Gasteiger partial charge in [0, 0.05) is 6.61 Å². The molecule has 0 heterocycles. The first-order valence-electron chi connectivity index (χ1n) is 16.3. The molecular weight excluding hydrogens is 572 g/mol. The maximum Gasteiger partial charge on any atom is 0.338 e. The van der Waals surface area contributed by atoms with Crippen LogP contribution in [0.15, 0.2) is 30.3 Å². The van der Waals surface area contributed by atoms with Gasteiger partial charge in [-0.3, -0.25) is 0 Å². The van der Waals surface area contributed by atoms with Gasteiger partial charge >= 0.3 is 5.97 Å². The molecule has 0 bridgehead atoms. The topological polar surface area (TPSA) is 109 Å². The second kappa shape index (κ2) is 34.2. The fourth-order valence-electron chi connectivity index (χ4n) is 3.70. The number of esters is 1. The quantitative estimate of drug-likeness (QED) is 0.0789. The minimum atomic E-state index is -0.352. The third-order valence-electron chi connectivity index (χ3n) is 6.09. The highest BCUT2D eigenvalue weighted by atomic mass is 16.6. The van der Waals surface area contributed by atoms with Crippen LogP contribution in [0.5, 0.6) is 0 Å². The first-order chi connectivity index (χ1) is 21.8. The van der Waals surface area contributed by atoms with E-state index in [0.717, 1.165) is 13.0 Å². The highest BCUT2D eigenvalue weighted by Gasteiger charge is 2.05. The number of rotatable bonds is 35. The van der Waals surface area contributed by atoms with E-state index in [1.54, 1.807) is 24.3 Å². The Balaban J connectivity index is 1.64. The maximum absolute atomic E-state index is 11.8. The SMILES string of the molecule is CCCCCCCCOCCOCCOCCOCCOCCOCCOCCOCCOCCOC(=O)c1ccccc1. The molecule has 0 atom stereocenters. The minimum Gasteiger partial charge on any atom is -0.460 e. The van der Waals surface area contributed by atoms with Crippen molar-refractivity contribution in [3.63, 3.8) is 0 Å². The van der Waals surface area contributed by atoms with Crippen LogP contribution in [0.1, 0.15) is 55.8 Å². The van der Waals surface area contributed by atoms with Crippen LogP contribution in [0.25, 0.3) is 0 Å². The molecule has 0 spiro atoms. The van der Waals surface area contributed by atoms with Crippen LogP contribution in [-0.4, -0.2) is 132 Å². The van der Waals surface area contributed by atoms with E-state index < -0.39 is 0 Å². The van der Waals surface area contributed by atoms with E-state index in [0.29, 0.717) is 118 Å². The lowest BCUT2D eigenvalue weighted by atomic mass is 10.1. The Morgan fingerprint density at radius 1 is 0.409 bits per heavy atom. The van der Waals surface area contributed by atoms with Gasteiger partial charge in [0.15, 0.2) is 0 Å². The van der Waals surface area contributed by atoms with E-state index in [4.69, 9.17) is 47.4 Å². The molecule has 1 aromatic rings. The van der Waals surface area contributed by atoms with Gasteiger partial charge < -0.3 is 47.4 Å². The summed E-state index contributed by atoms with van der Waals surface area (Å²) in [6.07, 6.45) is 7.67. The van der Waals surface area contributed by atoms with Gasteiger partial charge in [-0.2, -0.15) is 0 Å². The fourth-order valence-corrected chi connectivity index (χ4v) is 3.70. The van der Waals surface area contributed by atoms with E-state index in [9.17, 15) is 4.79 Å². The zero-order valence-corrected chi connectivity index (χ0v) is 27.1. The maximum atomic E-state index is 11.8. The smallest absolute Gasteiger partial charge is 0.338 e. The number of ether oxygens (including phenoxy) is 10. The first-order valence-corrected chi connectivity index (χ1v) is 16.3. The lowest BCUT2D eigenvalue weighted by molar-refractivity contribution is -0.0259. The normalized spacial score (nSPS) is 11.3. The van der Waals surface area contributed by atoms with Gasteiger partial charge in [0.05, 0.1) is 118 Å². The minimum absolute atomic E-state index is 0.207. The molecule has 11 nitrogen and oxygen atoms in total. The average molecular weight is 631 g/mol. The van der Waals surface area contributed by atoms with Crippen LogP contribution >= 0.6 is 0 Å². The molecule has 44 heavy (non-hydrogen) atoms. The molecule has 0 aliphatic carbocycles. The molecule has 0 fully saturated rings. The second-order valence-electron chi connectivity index (χ2n) is 9.78. The van der Waals surface area contributed by atoms with Crippen LogP contribution in [0.3, 0.4) is 0 Å². The molecule has 0 aliphatic rings. The lowest BCUT2D eigenvalue weighted by Crippen LogP contribution is -2.15. The van der Waals surface area contributed by atoms with Gasteiger partial charge in [0.2, 0.25) is 0 Å². The Bertz CT molecular complexity index is 708. The van der Waals surface area contributed by atoms with Crippen LogP contribution < -0.4 is 0 Å². The van der Waals surface area contributed by atoms with Crippen LogP contribution in [0.4, 0.5) is 0 Å². The predicted molar refractivity (Wildman–Crippen MR) is 167 cm³/mol. The summed E-state index contributed by atoms with van der Waals surface area (Å²) in [6, 6.07) is 8.87. The van der Waals surface area contributed by atoms with Crippen molar-refractivity contribution in [2.45, 2.75) is 45.4 Å². The Hall–Kier alpha value is -1.67. The van der Waals surface area contributed by atoms with Crippen molar-refractivity contribution < 1.29 is 52.2 Å². The number of unbranched alkanes of at least 4 members (excludes halogenated alkanes) is 5. The van der Waals surface area contributed by atoms with Crippen molar-refractivity contribution in [1.82, 2.24) is 0 Å². The third kappa shape index (κ3) is 29.1. The van der Waals surface area contributed by atoms with Gasteiger partial charge in [-0.1, -0.05) is 57.2 Å². The van der Waals surface area contributed by atoms with Crippen molar-refractivity contribution in [3.8, 4) is 0 Å². The summed E-state index contributed by atoms with van der Waals surface area (Å²) >= 11 is 0. The second-order valence-corrected chi connectivity index (χ2v) is 9.78. The highest BCUT2D eigenvalue weighted by molar-refractivity contribution is 5.89. The number of carbonyl (C=O) groups is 1. The Labute approximate surface area is 265 Å². The Kier molecular flexibility index (Phi) is 31.4. The summed E-state index contributed by atoms with van der Waals surface area (Å²) < 4.78 is 54.4. The molecule has 1 rings (SSSR count). The molecule has 0 aliphatic heterocycles. The van der Waals surface area contributed by atoms with Gasteiger partial charge in [0.1, 0.15) is 6.61 Å². The van der Waals surface area contributed by atoms with Gasteiger partial charge in [-0.05, 0) is 18.6 Å². The molecule has 0 N–H and O–H groups in total.